The van der Waals surface area contributed by atoms with Gasteiger partial charge in [-0.2, -0.15) is 12.6 Å². The number of hydrogen-bond donors (Lipinski definition) is 1. The molecule has 0 aliphatic rings. The molecule has 0 aromatic carbocycles. The van der Waals surface area contributed by atoms with Crippen LogP contribution in [-0.2, 0) is 8.23 Å². The molecule has 6 heteroatoms. The van der Waals surface area contributed by atoms with Gasteiger partial charge in [0.25, 0.3) is 0 Å². The zero-order chi connectivity index (χ0) is 12.3. The van der Waals surface area contributed by atoms with Gasteiger partial charge in [-0.3, -0.25) is 0 Å². The molecule has 0 saturated heterocycles. The van der Waals surface area contributed by atoms with Gasteiger partial charge in [-0.15, -0.1) is 0 Å². The van der Waals surface area contributed by atoms with Crippen LogP contribution in [0.15, 0.2) is 0 Å². The van der Waals surface area contributed by atoms with Crippen LogP contribution in [0.5, 0.6) is 0 Å². The van der Waals surface area contributed by atoms with Gasteiger partial charge in [0.2, 0.25) is 0 Å². The molecule has 0 atom stereocenters. The molecule has 0 aromatic heterocycles. The summed E-state index contributed by atoms with van der Waals surface area (Å²) in [5, 5.41) is 0. The first-order valence-corrected chi connectivity index (χ1v) is 15.5. The molecule has 0 aromatic rings. The summed E-state index contributed by atoms with van der Waals surface area (Å²) >= 11 is 4.32. The van der Waals surface area contributed by atoms with Crippen molar-refractivity contribution in [2.45, 2.75) is 51.9 Å². The topological polar surface area (TPSA) is 18.5 Å². The van der Waals surface area contributed by atoms with Crippen molar-refractivity contribution < 1.29 is 8.23 Å². The Balaban J connectivity index is 4.59. The summed E-state index contributed by atoms with van der Waals surface area (Å²) in [6, 6.07) is 0.991. The molecule has 0 heterocycles. The lowest BCUT2D eigenvalue weighted by molar-refractivity contribution is 0.387. The smallest absolute Gasteiger partial charge is 0.315 e. The highest BCUT2D eigenvalue weighted by Crippen LogP contribution is 2.24. The Bertz CT molecular complexity index is 183. The second kappa shape index (κ2) is 5.50. The van der Waals surface area contributed by atoms with E-state index in [-0.39, 0.29) is 0 Å². The molecule has 0 aliphatic carbocycles. The summed E-state index contributed by atoms with van der Waals surface area (Å²) in [7, 11) is -4.98. The Morgan fingerprint density at radius 2 is 1.13 bits per heavy atom. The van der Waals surface area contributed by atoms with E-state index in [1.165, 1.54) is 0 Å². The Morgan fingerprint density at radius 1 is 0.800 bits per heavy atom. The fourth-order valence-electron chi connectivity index (χ4n) is 1.62. The zero-order valence-corrected chi connectivity index (χ0v) is 15.1. The van der Waals surface area contributed by atoms with Crippen molar-refractivity contribution in [3.05, 3.63) is 0 Å². The molecule has 0 N–H and O–H groups in total. The van der Waals surface area contributed by atoms with Gasteiger partial charge in [0.15, 0.2) is 16.6 Å². The highest BCUT2D eigenvalue weighted by molar-refractivity contribution is 7.80. The van der Waals surface area contributed by atoms with Crippen molar-refractivity contribution >= 4 is 37.8 Å². The minimum Gasteiger partial charge on any atom is -0.437 e. The van der Waals surface area contributed by atoms with E-state index in [0.717, 1.165) is 11.8 Å². The molecular formula is C9H26O2SSi3. The summed E-state index contributed by atoms with van der Waals surface area (Å²) in [6.45, 7) is 15.6. The van der Waals surface area contributed by atoms with Gasteiger partial charge in [-0.05, 0) is 57.6 Å². The molecule has 0 amide bonds. The average Bonchev–Trinajstić information content (AvgIpc) is 1.74. The molecule has 92 valence electrons. The molecule has 0 saturated carbocycles. The molecule has 0 aliphatic heterocycles. The van der Waals surface area contributed by atoms with Crippen LogP contribution in [0.4, 0.5) is 0 Å². The van der Waals surface area contributed by atoms with Gasteiger partial charge in [-0.1, -0.05) is 0 Å². The van der Waals surface area contributed by atoms with Crippen molar-refractivity contribution in [2.75, 3.05) is 5.75 Å². The van der Waals surface area contributed by atoms with Gasteiger partial charge >= 0.3 is 8.56 Å². The zero-order valence-electron chi connectivity index (χ0n) is 11.2. The number of hydrogen-bond acceptors (Lipinski definition) is 3. The van der Waals surface area contributed by atoms with Crippen molar-refractivity contribution in [3.63, 3.8) is 0 Å². The second-order valence-electron chi connectivity index (χ2n) is 6.04. The van der Waals surface area contributed by atoms with E-state index in [2.05, 4.69) is 58.5 Å². The van der Waals surface area contributed by atoms with E-state index in [4.69, 9.17) is 8.23 Å². The minimum absolute atomic E-state index is 0.859. The highest BCUT2D eigenvalue weighted by Gasteiger charge is 2.39. The summed E-state index contributed by atoms with van der Waals surface area (Å²) in [5.74, 6) is 0.859. The van der Waals surface area contributed by atoms with Gasteiger partial charge in [0.1, 0.15) is 0 Å². The predicted molar refractivity (Wildman–Crippen MR) is 79.1 cm³/mol. The number of thiol groups is 1. The first-order chi connectivity index (χ1) is 6.47. The van der Waals surface area contributed by atoms with Crippen LogP contribution < -0.4 is 0 Å². The Morgan fingerprint density at radius 3 is 1.33 bits per heavy atom. The Hall–Kier alpha value is 0.921. The monoisotopic (exact) mass is 282 g/mol. The van der Waals surface area contributed by atoms with Gasteiger partial charge < -0.3 is 8.23 Å². The molecule has 0 bridgehead atoms. The third-order valence-electron chi connectivity index (χ3n) is 1.61. The highest BCUT2D eigenvalue weighted by atomic mass is 32.1. The summed E-state index contributed by atoms with van der Waals surface area (Å²) < 4.78 is 12.6. The van der Waals surface area contributed by atoms with E-state index in [0.29, 0.717) is 0 Å². The molecule has 0 unspecified atom stereocenters. The van der Waals surface area contributed by atoms with Crippen LogP contribution in [0.25, 0.3) is 0 Å². The Kier molecular flexibility index (Phi) is 5.84. The summed E-state index contributed by atoms with van der Waals surface area (Å²) in [6.07, 6.45) is 0. The quantitative estimate of drug-likeness (QED) is 0.592. The number of rotatable bonds is 6. The summed E-state index contributed by atoms with van der Waals surface area (Å²) in [5.41, 5.74) is 0. The van der Waals surface area contributed by atoms with Crippen LogP contribution in [0.3, 0.4) is 0 Å². The molecule has 0 spiro atoms. The fraction of sp³-hybridized carbons (Fsp3) is 1.00. The van der Waals surface area contributed by atoms with Crippen LogP contribution in [-0.4, -0.2) is 30.9 Å². The maximum atomic E-state index is 6.28. The molecule has 15 heavy (non-hydrogen) atoms. The standard InChI is InChI=1S/C9H26O2SSi3/c1-13(2,3)10-15(7,9-8-12)11-14(4,5)6/h12H,8-9H2,1-7H3. The molecule has 2 nitrogen and oxygen atoms in total. The van der Waals surface area contributed by atoms with E-state index in [1.807, 2.05) is 0 Å². The van der Waals surface area contributed by atoms with E-state index < -0.39 is 25.2 Å². The normalized spacial score (nSPS) is 14.4. The van der Waals surface area contributed by atoms with E-state index in [9.17, 15) is 0 Å². The SMILES string of the molecule is C[Si](C)(C)O[Si](C)(CCS)O[Si](C)(C)C. The predicted octanol–water partition coefficient (Wildman–Crippen LogP) is 3.69. The van der Waals surface area contributed by atoms with Crippen molar-refractivity contribution in [1.82, 2.24) is 0 Å². The first kappa shape index (κ1) is 15.9. The summed E-state index contributed by atoms with van der Waals surface area (Å²) in [4.78, 5) is 0. The molecule has 0 rings (SSSR count). The van der Waals surface area contributed by atoms with Crippen LogP contribution in [0, 0.1) is 0 Å². The lowest BCUT2D eigenvalue weighted by Crippen LogP contribution is -2.52. The van der Waals surface area contributed by atoms with Gasteiger partial charge in [-0.25, -0.2) is 0 Å². The molecule has 0 fully saturated rings. The Labute approximate surface area is 104 Å². The first-order valence-electron chi connectivity index (χ1n) is 5.49. The molecule has 0 radical (unpaired) electrons. The lowest BCUT2D eigenvalue weighted by Gasteiger charge is -2.38. The van der Waals surface area contributed by atoms with Gasteiger partial charge in [0.05, 0.1) is 0 Å². The van der Waals surface area contributed by atoms with Gasteiger partial charge in [0, 0.05) is 0 Å². The van der Waals surface area contributed by atoms with Crippen molar-refractivity contribution in [2.24, 2.45) is 0 Å². The van der Waals surface area contributed by atoms with Crippen LogP contribution in [0.2, 0.25) is 51.9 Å². The lowest BCUT2D eigenvalue weighted by atomic mass is 11.0. The molecular weight excluding hydrogens is 256 g/mol. The third-order valence-corrected chi connectivity index (χ3v) is 11.8. The minimum atomic E-state index is -1.97. The second-order valence-corrected chi connectivity index (χ2v) is 19.3. The fourth-order valence-corrected chi connectivity index (χ4v) is 15.0. The third kappa shape index (κ3) is 8.70. The largest absolute Gasteiger partial charge is 0.437 e. The van der Waals surface area contributed by atoms with E-state index in [1.54, 1.807) is 0 Å². The van der Waals surface area contributed by atoms with E-state index >= 15 is 0 Å². The van der Waals surface area contributed by atoms with Crippen molar-refractivity contribution in [1.29, 1.82) is 0 Å². The van der Waals surface area contributed by atoms with Crippen LogP contribution >= 0.6 is 12.6 Å². The maximum Gasteiger partial charge on any atom is 0.315 e. The van der Waals surface area contributed by atoms with Crippen molar-refractivity contribution in [3.8, 4) is 0 Å². The maximum absolute atomic E-state index is 6.28. The average molecular weight is 283 g/mol. The van der Waals surface area contributed by atoms with Crippen LogP contribution in [0.1, 0.15) is 0 Å².